The molecule has 0 aromatic carbocycles. The number of piperidine rings is 2. The number of carbonyl (C=O) groups is 1. The third kappa shape index (κ3) is 2.96. The molecule has 3 rings (SSSR count). The number of aryl methyl sites for hydroxylation is 1. The molecule has 0 radical (unpaired) electrons. The van der Waals surface area contributed by atoms with Crippen molar-refractivity contribution in [2.75, 3.05) is 33.4 Å². The number of ether oxygens (including phenoxy) is 1. The van der Waals surface area contributed by atoms with Crippen LogP contribution in [0.1, 0.15) is 18.7 Å². The van der Waals surface area contributed by atoms with E-state index in [9.17, 15) is 4.79 Å². The van der Waals surface area contributed by atoms with Crippen LogP contribution in [0, 0.1) is 5.92 Å². The van der Waals surface area contributed by atoms with Crippen LogP contribution in [-0.4, -0.2) is 64.7 Å². The van der Waals surface area contributed by atoms with E-state index in [1.54, 1.807) is 7.11 Å². The second-order valence-corrected chi connectivity index (χ2v) is 6.11. The summed E-state index contributed by atoms with van der Waals surface area (Å²) in [4.78, 5) is 21.3. The van der Waals surface area contributed by atoms with E-state index >= 15 is 0 Å². The first kappa shape index (κ1) is 14.5. The van der Waals surface area contributed by atoms with Crippen LogP contribution >= 0.6 is 0 Å². The molecule has 0 saturated carbocycles. The molecule has 0 unspecified atom stereocenters. The minimum Gasteiger partial charge on any atom is -0.383 e. The fourth-order valence-electron chi connectivity index (χ4n) is 3.44. The highest BCUT2D eigenvalue weighted by Crippen LogP contribution is 2.30. The quantitative estimate of drug-likeness (QED) is 0.792. The van der Waals surface area contributed by atoms with Crippen LogP contribution in [0.4, 0.5) is 0 Å². The van der Waals surface area contributed by atoms with Crippen molar-refractivity contribution in [3.63, 3.8) is 0 Å². The lowest BCUT2D eigenvalue weighted by atomic mass is 9.86. The van der Waals surface area contributed by atoms with Crippen LogP contribution in [-0.2, 0) is 23.1 Å². The van der Waals surface area contributed by atoms with Crippen molar-refractivity contribution in [2.45, 2.75) is 25.4 Å². The number of rotatable bonds is 5. The number of methoxy groups -OCH3 is 1. The van der Waals surface area contributed by atoms with Gasteiger partial charge in [0.15, 0.2) is 0 Å². The molecule has 0 N–H and O–H groups in total. The number of fused-ring (bicyclic) bond motifs is 2. The summed E-state index contributed by atoms with van der Waals surface area (Å²) in [7, 11) is 3.69. The predicted octanol–water partition coefficient (Wildman–Crippen LogP) is 0.489. The molecular weight excluding hydrogens is 268 g/mol. The SMILES string of the molecule is COCCN1C[C@H]2CCN(Cc3nccn3C)[C@H](C2)C1=O. The number of aromatic nitrogens is 2. The highest BCUT2D eigenvalue weighted by Gasteiger charge is 2.41. The smallest absolute Gasteiger partial charge is 0.240 e. The minimum absolute atomic E-state index is 0.0195. The van der Waals surface area contributed by atoms with Crippen molar-refractivity contribution in [3.05, 3.63) is 18.2 Å². The van der Waals surface area contributed by atoms with Crippen molar-refractivity contribution in [2.24, 2.45) is 13.0 Å². The molecule has 116 valence electrons. The Kier molecular flexibility index (Phi) is 4.26. The number of hydrogen-bond acceptors (Lipinski definition) is 4. The lowest BCUT2D eigenvalue weighted by Gasteiger charge is -2.46. The van der Waals surface area contributed by atoms with Crippen molar-refractivity contribution >= 4 is 5.91 Å². The average molecular weight is 292 g/mol. The molecule has 21 heavy (non-hydrogen) atoms. The number of carbonyl (C=O) groups excluding carboxylic acids is 1. The summed E-state index contributed by atoms with van der Waals surface area (Å²) in [6, 6.07) is 0.0195. The summed E-state index contributed by atoms with van der Waals surface area (Å²) in [6.45, 7) is 3.97. The normalized spacial score (nSPS) is 26.4. The summed E-state index contributed by atoms with van der Waals surface area (Å²) in [5.41, 5.74) is 0. The molecule has 3 heterocycles. The Morgan fingerprint density at radius 2 is 2.33 bits per heavy atom. The number of imidazole rings is 1. The molecule has 2 atom stereocenters. The van der Waals surface area contributed by atoms with Crippen LogP contribution in [0.25, 0.3) is 0 Å². The van der Waals surface area contributed by atoms with E-state index in [0.717, 1.165) is 38.3 Å². The summed E-state index contributed by atoms with van der Waals surface area (Å²) >= 11 is 0. The topological polar surface area (TPSA) is 50.6 Å². The monoisotopic (exact) mass is 292 g/mol. The molecule has 2 fully saturated rings. The molecule has 2 aliphatic heterocycles. The van der Waals surface area contributed by atoms with Crippen molar-refractivity contribution in [1.29, 1.82) is 0 Å². The van der Waals surface area contributed by atoms with Gasteiger partial charge in [-0.1, -0.05) is 0 Å². The lowest BCUT2D eigenvalue weighted by molar-refractivity contribution is -0.146. The van der Waals surface area contributed by atoms with Crippen LogP contribution in [0.5, 0.6) is 0 Å². The summed E-state index contributed by atoms with van der Waals surface area (Å²) in [6.07, 6.45) is 5.93. The zero-order valence-corrected chi connectivity index (χ0v) is 12.9. The van der Waals surface area contributed by atoms with Gasteiger partial charge in [0.05, 0.1) is 19.2 Å². The third-order valence-corrected chi connectivity index (χ3v) is 4.73. The molecule has 0 aliphatic carbocycles. The minimum atomic E-state index is 0.0195. The highest BCUT2D eigenvalue weighted by atomic mass is 16.5. The first-order valence-corrected chi connectivity index (χ1v) is 7.67. The molecule has 1 amide bonds. The van der Waals surface area contributed by atoms with Crippen molar-refractivity contribution in [1.82, 2.24) is 19.4 Å². The third-order valence-electron chi connectivity index (χ3n) is 4.73. The fourth-order valence-corrected chi connectivity index (χ4v) is 3.44. The zero-order valence-electron chi connectivity index (χ0n) is 12.9. The summed E-state index contributed by atoms with van der Waals surface area (Å²) in [5, 5.41) is 0. The van der Waals surface area contributed by atoms with Gasteiger partial charge in [0.1, 0.15) is 5.82 Å². The standard InChI is InChI=1S/C15H24N4O2/c1-17-6-4-16-14(17)11-18-5-3-12-9-13(18)15(20)19(10-12)7-8-21-2/h4,6,12-13H,3,5,7-11H2,1-2H3/t12-,13+/m0/s1. The van der Waals surface area contributed by atoms with E-state index in [-0.39, 0.29) is 11.9 Å². The first-order valence-electron chi connectivity index (χ1n) is 7.67. The second kappa shape index (κ2) is 6.15. The van der Waals surface area contributed by atoms with E-state index < -0.39 is 0 Å². The van der Waals surface area contributed by atoms with Gasteiger partial charge in [0.2, 0.25) is 5.91 Å². The van der Waals surface area contributed by atoms with Crippen LogP contribution in [0.15, 0.2) is 12.4 Å². The van der Waals surface area contributed by atoms with Gasteiger partial charge in [-0.3, -0.25) is 9.69 Å². The highest BCUT2D eigenvalue weighted by molar-refractivity contribution is 5.83. The molecule has 1 aromatic rings. The second-order valence-electron chi connectivity index (χ2n) is 6.11. The van der Waals surface area contributed by atoms with Gasteiger partial charge in [0, 0.05) is 39.6 Å². The molecular formula is C15H24N4O2. The first-order chi connectivity index (χ1) is 10.2. The van der Waals surface area contributed by atoms with E-state index in [2.05, 4.69) is 9.88 Å². The van der Waals surface area contributed by atoms with Crippen LogP contribution in [0.2, 0.25) is 0 Å². The largest absolute Gasteiger partial charge is 0.383 e. The number of hydrogen-bond donors (Lipinski definition) is 0. The Morgan fingerprint density at radius 1 is 1.48 bits per heavy atom. The summed E-state index contributed by atoms with van der Waals surface area (Å²) in [5.74, 6) is 1.93. The van der Waals surface area contributed by atoms with E-state index in [1.807, 2.05) is 28.9 Å². The van der Waals surface area contributed by atoms with Gasteiger partial charge in [0.25, 0.3) is 0 Å². The van der Waals surface area contributed by atoms with Crippen LogP contribution < -0.4 is 0 Å². The van der Waals surface area contributed by atoms with E-state index in [4.69, 9.17) is 4.74 Å². The molecule has 1 aromatic heterocycles. The predicted molar refractivity (Wildman–Crippen MR) is 78.6 cm³/mol. The molecule has 2 aliphatic rings. The summed E-state index contributed by atoms with van der Waals surface area (Å²) < 4.78 is 7.15. The molecule has 2 saturated heterocycles. The molecule has 0 spiro atoms. The average Bonchev–Trinajstić information content (AvgIpc) is 2.89. The number of amides is 1. The van der Waals surface area contributed by atoms with Crippen molar-refractivity contribution < 1.29 is 9.53 Å². The van der Waals surface area contributed by atoms with Gasteiger partial charge in [-0.25, -0.2) is 4.98 Å². The Hall–Kier alpha value is -1.40. The molecule has 2 bridgehead atoms. The Bertz CT molecular complexity index is 502. The Balaban J connectivity index is 1.70. The van der Waals surface area contributed by atoms with Gasteiger partial charge in [-0.2, -0.15) is 0 Å². The van der Waals surface area contributed by atoms with Gasteiger partial charge >= 0.3 is 0 Å². The Morgan fingerprint density at radius 3 is 3.05 bits per heavy atom. The fraction of sp³-hybridized carbons (Fsp3) is 0.733. The zero-order chi connectivity index (χ0) is 14.8. The van der Waals surface area contributed by atoms with Crippen molar-refractivity contribution in [3.8, 4) is 0 Å². The van der Waals surface area contributed by atoms with Crippen LogP contribution in [0.3, 0.4) is 0 Å². The van der Waals surface area contributed by atoms with Gasteiger partial charge in [-0.05, 0) is 25.3 Å². The molecule has 6 heteroatoms. The van der Waals surface area contributed by atoms with Gasteiger partial charge in [-0.15, -0.1) is 0 Å². The maximum Gasteiger partial charge on any atom is 0.240 e. The van der Waals surface area contributed by atoms with Gasteiger partial charge < -0.3 is 14.2 Å². The van der Waals surface area contributed by atoms with E-state index in [1.165, 1.54) is 0 Å². The maximum atomic E-state index is 12.7. The maximum absolute atomic E-state index is 12.7. The Labute approximate surface area is 125 Å². The number of likely N-dealkylation sites (tertiary alicyclic amines) is 2. The lowest BCUT2D eigenvalue weighted by Crippen LogP contribution is -2.59. The van der Waals surface area contributed by atoms with E-state index in [0.29, 0.717) is 19.1 Å². The molecule has 6 nitrogen and oxygen atoms in total. The number of nitrogens with zero attached hydrogens (tertiary/aromatic N) is 4.